The summed E-state index contributed by atoms with van der Waals surface area (Å²) in [6.07, 6.45) is 1.58. The first kappa shape index (κ1) is 18.4. The molecule has 0 aliphatic carbocycles. The number of amides is 1. The van der Waals surface area contributed by atoms with Gasteiger partial charge in [-0.1, -0.05) is 27.7 Å². The Morgan fingerprint density at radius 3 is 2.26 bits per heavy atom. The maximum atomic E-state index is 12.2. The molecule has 0 bridgehead atoms. The highest BCUT2D eigenvalue weighted by Crippen LogP contribution is 2.04. The molecule has 0 aromatic carbocycles. The average Bonchev–Trinajstić information content (AvgIpc) is 2.38. The van der Waals surface area contributed by atoms with Crippen LogP contribution in [0.15, 0.2) is 0 Å². The largest absolute Gasteiger partial charge is 0.341 e. The molecule has 19 heavy (non-hydrogen) atoms. The highest BCUT2D eigenvalue weighted by molar-refractivity contribution is 5.76. The monoisotopic (exact) mass is 271 g/mol. The summed E-state index contributed by atoms with van der Waals surface area (Å²) in [5.41, 5.74) is 0. The highest BCUT2D eigenvalue weighted by atomic mass is 16.2. The van der Waals surface area contributed by atoms with Crippen LogP contribution in [0.5, 0.6) is 0 Å². The van der Waals surface area contributed by atoms with E-state index in [9.17, 15) is 4.79 Å². The molecule has 4 heteroatoms. The van der Waals surface area contributed by atoms with Crippen LogP contribution in [0.1, 0.15) is 40.5 Å². The standard InChI is InChI=1S/C15H33N3O/c1-6-17(7-2)11-12-18(13-14(3)4)15(19)9-8-10-16-5/h14,16H,6-13H2,1-5H3. The topological polar surface area (TPSA) is 35.6 Å². The summed E-state index contributed by atoms with van der Waals surface area (Å²) in [5, 5.41) is 3.09. The van der Waals surface area contributed by atoms with Gasteiger partial charge in [-0.2, -0.15) is 0 Å². The normalized spacial score (nSPS) is 11.3. The Morgan fingerprint density at radius 2 is 1.79 bits per heavy atom. The smallest absolute Gasteiger partial charge is 0.222 e. The van der Waals surface area contributed by atoms with Crippen molar-refractivity contribution in [2.75, 3.05) is 46.3 Å². The van der Waals surface area contributed by atoms with Gasteiger partial charge in [-0.3, -0.25) is 4.79 Å². The second-order valence-electron chi connectivity index (χ2n) is 5.47. The van der Waals surface area contributed by atoms with Crippen LogP contribution in [0.4, 0.5) is 0 Å². The van der Waals surface area contributed by atoms with Crippen LogP contribution < -0.4 is 5.32 Å². The second kappa shape index (κ2) is 11.2. The lowest BCUT2D eigenvalue weighted by atomic mass is 10.2. The Bertz CT molecular complexity index is 227. The van der Waals surface area contributed by atoms with E-state index in [0.717, 1.165) is 45.7 Å². The van der Waals surface area contributed by atoms with Gasteiger partial charge < -0.3 is 15.1 Å². The zero-order chi connectivity index (χ0) is 14.7. The SMILES string of the molecule is CCN(CC)CCN(CC(C)C)C(=O)CCCNC. The zero-order valence-corrected chi connectivity index (χ0v) is 13.5. The van der Waals surface area contributed by atoms with Gasteiger partial charge in [0.05, 0.1) is 0 Å². The minimum absolute atomic E-state index is 0.302. The number of nitrogens with zero attached hydrogens (tertiary/aromatic N) is 2. The van der Waals surface area contributed by atoms with Gasteiger partial charge in [-0.05, 0) is 39.0 Å². The number of hydrogen-bond donors (Lipinski definition) is 1. The van der Waals surface area contributed by atoms with Crippen molar-refractivity contribution in [1.82, 2.24) is 15.1 Å². The predicted molar refractivity (Wildman–Crippen MR) is 82.4 cm³/mol. The lowest BCUT2D eigenvalue weighted by Crippen LogP contribution is -2.40. The molecular formula is C15H33N3O. The van der Waals surface area contributed by atoms with Crippen LogP contribution in [0.2, 0.25) is 0 Å². The maximum absolute atomic E-state index is 12.2. The van der Waals surface area contributed by atoms with E-state index in [2.05, 4.69) is 37.9 Å². The van der Waals surface area contributed by atoms with Gasteiger partial charge in [0, 0.05) is 26.1 Å². The van der Waals surface area contributed by atoms with Crippen LogP contribution in [0.25, 0.3) is 0 Å². The Hall–Kier alpha value is -0.610. The Morgan fingerprint density at radius 1 is 1.16 bits per heavy atom. The molecule has 0 aliphatic heterocycles. The summed E-state index contributed by atoms with van der Waals surface area (Å²) in [5.74, 6) is 0.834. The first-order chi connectivity index (χ1) is 9.04. The molecular weight excluding hydrogens is 238 g/mol. The fraction of sp³-hybridized carbons (Fsp3) is 0.933. The minimum atomic E-state index is 0.302. The molecule has 1 amide bonds. The van der Waals surface area contributed by atoms with Crippen LogP contribution in [0.3, 0.4) is 0 Å². The van der Waals surface area contributed by atoms with E-state index in [4.69, 9.17) is 0 Å². The highest BCUT2D eigenvalue weighted by Gasteiger charge is 2.15. The first-order valence-corrected chi connectivity index (χ1v) is 7.69. The molecule has 0 atom stereocenters. The quantitative estimate of drug-likeness (QED) is 0.582. The number of nitrogens with one attached hydrogen (secondary N) is 1. The van der Waals surface area contributed by atoms with Gasteiger partial charge in [0.1, 0.15) is 0 Å². The third-order valence-corrected chi connectivity index (χ3v) is 3.34. The first-order valence-electron chi connectivity index (χ1n) is 7.69. The van der Waals surface area contributed by atoms with Crippen molar-refractivity contribution >= 4 is 5.91 Å². The Balaban J connectivity index is 4.24. The molecule has 0 unspecified atom stereocenters. The van der Waals surface area contributed by atoms with Crippen molar-refractivity contribution in [2.24, 2.45) is 5.92 Å². The third kappa shape index (κ3) is 9.00. The number of hydrogen-bond acceptors (Lipinski definition) is 3. The van der Waals surface area contributed by atoms with Gasteiger partial charge in [0.2, 0.25) is 5.91 Å². The van der Waals surface area contributed by atoms with E-state index in [-0.39, 0.29) is 0 Å². The van der Waals surface area contributed by atoms with E-state index in [0.29, 0.717) is 18.2 Å². The van der Waals surface area contributed by atoms with Crippen molar-refractivity contribution in [3.8, 4) is 0 Å². The molecule has 0 aliphatic rings. The fourth-order valence-electron chi connectivity index (χ4n) is 2.14. The maximum Gasteiger partial charge on any atom is 0.222 e. The van der Waals surface area contributed by atoms with Gasteiger partial charge >= 0.3 is 0 Å². The molecule has 0 heterocycles. The van der Waals surface area contributed by atoms with Crippen LogP contribution >= 0.6 is 0 Å². The molecule has 0 fully saturated rings. The van der Waals surface area contributed by atoms with Crippen molar-refractivity contribution in [3.63, 3.8) is 0 Å². The number of likely N-dealkylation sites (N-methyl/N-ethyl adjacent to an activating group) is 1. The molecule has 0 rings (SSSR count). The lowest BCUT2D eigenvalue weighted by molar-refractivity contribution is -0.132. The molecule has 0 radical (unpaired) electrons. The van der Waals surface area contributed by atoms with Gasteiger partial charge in [0.15, 0.2) is 0 Å². The summed E-state index contributed by atoms with van der Waals surface area (Å²) < 4.78 is 0. The van der Waals surface area contributed by atoms with Crippen molar-refractivity contribution < 1.29 is 4.79 Å². The minimum Gasteiger partial charge on any atom is -0.341 e. The van der Waals surface area contributed by atoms with Crippen molar-refractivity contribution in [1.29, 1.82) is 0 Å². The summed E-state index contributed by atoms with van der Waals surface area (Å²) in [4.78, 5) is 16.6. The zero-order valence-electron chi connectivity index (χ0n) is 13.5. The van der Waals surface area contributed by atoms with Gasteiger partial charge in [-0.15, -0.1) is 0 Å². The molecule has 0 aromatic heterocycles. The summed E-state index contributed by atoms with van der Waals surface area (Å²) in [7, 11) is 1.93. The Kier molecular flexibility index (Phi) is 10.9. The van der Waals surface area contributed by atoms with E-state index in [1.54, 1.807) is 0 Å². The number of rotatable bonds is 11. The van der Waals surface area contributed by atoms with E-state index in [1.807, 2.05) is 11.9 Å². The van der Waals surface area contributed by atoms with Gasteiger partial charge in [-0.25, -0.2) is 0 Å². The molecule has 4 nitrogen and oxygen atoms in total. The number of carbonyl (C=O) groups excluding carboxylic acids is 1. The average molecular weight is 271 g/mol. The van der Waals surface area contributed by atoms with Gasteiger partial charge in [0.25, 0.3) is 0 Å². The molecule has 114 valence electrons. The summed E-state index contributed by atoms with van der Waals surface area (Å²) in [6, 6.07) is 0. The molecule has 0 spiro atoms. The summed E-state index contributed by atoms with van der Waals surface area (Å²) >= 11 is 0. The van der Waals surface area contributed by atoms with Crippen LogP contribution in [-0.2, 0) is 4.79 Å². The third-order valence-electron chi connectivity index (χ3n) is 3.34. The number of carbonyl (C=O) groups is 1. The van der Waals surface area contributed by atoms with Crippen LogP contribution in [-0.4, -0.2) is 62.0 Å². The van der Waals surface area contributed by atoms with Crippen LogP contribution in [0, 0.1) is 5.92 Å². The molecule has 1 N–H and O–H groups in total. The van der Waals surface area contributed by atoms with E-state index in [1.165, 1.54) is 0 Å². The molecule has 0 saturated carbocycles. The van der Waals surface area contributed by atoms with Crippen molar-refractivity contribution in [2.45, 2.75) is 40.5 Å². The Labute approximate surface area is 119 Å². The predicted octanol–water partition coefficient (Wildman–Crippen LogP) is 1.81. The second-order valence-corrected chi connectivity index (χ2v) is 5.47. The van der Waals surface area contributed by atoms with E-state index >= 15 is 0 Å². The van der Waals surface area contributed by atoms with Crippen molar-refractivity contribution in [3.05, 3.63) is 0 Å². The van der Waals surface area contributed by atoms with E-state index < -0.39 is 0 Å². The summed E-state index contributed by atoms with van der Waals surface area (Å²) in [6.45, 7) is 14.4. The molecule has 0 aromatic rings. The lowest BCUT2D eigenvalue weighted by Gasteiger charge is -2.28. The molecule has 0 saturated heterocycles. The fourth-order valence-corrected chi connectivity index (χ4v) is 2.14.